The number of fused-ring (bicyclic) bond motifs is 2. The van der Waals surface area contributed by atoms with Gasteiger partial charge in [0.15, 0.2) is 17.1 Å². The monoisotopic (exact) mass is 1770 g/mol. The Labute approximate surface area is 767 Å². The van der Waals surface area contributed by atoms with Crippen molar-refractivity contribution in [3.63, 3.8) is 0 Å². The second kappa shape index (κ2) is 62.5. The number of aryl methyl sites for hydroxylation is 1. The number of phenols is 1. The average molecular weight is 1770 g/mol. The molecule has 1 aromatic heterocycles. The van der Waals surface area contributed by atoms with Crippen LogP contribution in [0.5, 0.6) is 11.5 Å². The fraction of sp³-hybridized carbons (Fsp3) is 0.535. The van der Waals surface area contributed by atoms with Crippen LogP contribution >= 0.6 is 0 Å². The van der Waals surface area contributed by atoms with Crippen molar-refractivity contribution in [2.75, 3.05) is 101 Å². The standard InChI is InChI=1S/C20H32N2O2.C14H20N2O.C14H22N2O.C13H18N2O3.C8H7NO2.C8H9NO2.2C5H11NO2.6C2H6.2H2/c1-15(21(6)7)18(24)13-19(2,3)16-11-9-10-12-17(16)20(4,5)22(8)14-23;1-13(2)10-8-6-7-9-11(10)14(3,4)16(5)12(17)15-13;1-13(2,15)11-8-6-7-9-12(11)14(3,4)16(5)10-17;1-10(14(2)3)13(17)18-12-8-6-5-7-11(12)15(4)9-16;1-9-6-4-2-3-5-7(6)11-8(9)10;1-9(6-10)7-4-2-3-5-8(7)11;2*1-4(5(7)8)6(2)3;6*1-2;;/h9-12,14-15H,13H2,1-8H3;6-9H,1-5H3,(H,15,17);6-10H,15H2,1-5H3;5-10H,1-4H3;2-5H,1H3;2-6,11H,1H3;2*4H,1-3H3,(H,7,8);6*1-2H3;2*1H/t;;;10-;;;;;;;;;;;;/m...1............/s1/i14D;;10D;9D;;6D;;;;;;;;;2*1+1. The van der Waals surface area contributed by atoms with Crippen molar-refractivity contribution in [3.8, 4) is 11.5 Å². The number of aliphatic carboxylic acids is 2. The maximum absolute atomic E-state index is 12.6. The van der Waals surface area contributed by atoms with E-state index in [1.165, 1.54) is 45.7 Å². The van der Waals surface area contributed by atoms with E-state index in [2.05, 4.69) is 45.1 Å². The summed E-state index contributed by atoms with van der Waals surface area (Å²) < 4.78 is 40.3. The van der Waals surface area contributed by atoms with Crippen molar-refractivity contribution >= 4 is 77.7 Å². The number of aromatic nitrogens is 1. The van der Waals surface area contributed by atoms with Crippen molar-refractivity contribution in [1.82, 2.24) is 44.2 Å². The third-order valence-electron chi connectivity index (χ3n) is 20.3. The highest BCUT2D eigenvalue weighted by Crippen LogP contribution is 2.40. The maximum Gasteiger partial charge on any atom is 0.419 e. The minimum Gasteiger partial charge on any atom is -0.506 e. The lowest BCUT2D eigenvalue weighted by Crippen LogP contribution is -2.48. The van der Waals surface area contributed by atoms with Crippen LogP contribution in [0.1, 0.15) is 242 Å². The molecule has 0 spiro atoms. The van der Waals surface area contributed by atoms with Gasteiger partial charge in [-0.05, 0) is 229 Å². The highest BCUT2D eigenvalue weighted by molar-refractivity contribution is 5.85. The number of carboxylic acids is 2. The average Bonchev–Trinajstić information content (AvgIpc) is 1.16. The molecule has 27 nitrogen and oxygen atoms in total. The molecule has 126 heavy (non-hydrogen) atoms. The molecule has 4 atom stereocenters. The number of carbonyl (C=O) groups is 9. The topological polar surface area (TPSA) is 326 Å². The van der Waals surface area contributed by atoms with E-state index in [1.54, 1.807) is 152 Å². The Hall–Kier alpha value is -10.6. The number of ether oxygens (including phenoxy) is 1. The number of phenolic OH excluding ortho intramolecular Hbond substituents is 1. The minimum absolute atomic E-state index is 0. The van der Waals surface area contributed by atoms with Gasteiger partial charge in [-0.15, -0.1) is 0 Å². The summed E-state index contributed by atoms with van der Waals surface area (Å²) >= 11 is 0. The van der Waals surface area contributed by atoms with Crippen LogP contribution in [0.4, 0.5) is 16.2 Å². The summed E-state index contributed by atoms with van der Waals surface area (Å²) in [5, 5.41) is 28.9. The number of nitrogens with one attached hydrogen (secondary N) is 1. The van der Waals surface area contributed by atoms with E-state index in [4.69, 9.17) is 30.6 Å². The Morgan fingerprint density at radius 1 is 0.492 bits per heavy atom. The van der Waals surface area contributed by atoms with Crippen LogP contribution in [0, 0.1) is 0 Å². The molecule has 0 radical (unpaired) electrons. The molecule has 6 amide bonds. The number of amides is 6. The van der Waals surface area contributed by atoms with Gasteiger partial charge in [-0.2, -0.15) is 0 Å². The lowest BCUT2D eigenvalue weighted by molar-refractivity contribution is -0.142. The number of ketones is 1. The van der Waals surface area contributed by atoms with E-state index < -0.39 is 66.1 Å². The molecule has 7 aromatic rings. The van der Waals surface area contributed by atoms with Gasteiger partial charge in [-0.25, -0.2) is 14.4 Å². The van der Waals surface area contributed by atoms with Crippen LogP contribution in [0.15, 0.2) is 155 Å². The second-order valence-corrected chi connectivity index (χ2v) is 31.8. The Kier molecular flexibility index (Phi) is 58.3. The summed E-state index contributed by atoms with van der Waals surface area (Å²) in [5.74, 6) is -1.84. The van der Waals surface area contributed by atoms with Gasteiger partial charge in [0.1, 0.15) is 29.4 Å². The normalized spacial score (nSPS) is 13.1. The number of benzene rings is 6. The highest BCUT2D eigenvalue weighted by Gasteiger charge is 2.41. The molecule has 6 N–H and O–H groups in total. The first kappa shape index (κ1) is 117. The molecule has 1 aliphatic heterocycles. The number of rotatable bonds is 19. The zero-order valence-electron chi connectivity index (χ0n) is 88.7. The van der Waals surface area contributed by atoms with E-state index in [9.17, 15) is 53.1 Å². The van der Waals surface area contributed by atoms with Crippen molar-refractivity contribution in [2.45, 2.75) is 258 Å². The van der Waals surface area contributed by atoms with Crippen molar-refractivity contribution in [1.29, 1.82) is 0 Å². The third-order valence-corrected chi connectivity index (χ3v) is 20.3. The Morgan fingerprint density at radius 2 is 0.833 bits per heavy atom. The van der Waals surface area contributed by atoms with Crippen LogP contribution in [0.25, 0.3) is 11.1 Å². The summed E-state index contributed by atoms with van der Waals surface area (Å²) in [6, 6.07) is 42.9. The molecule has 0 aliphatic carbocycles. The molecular weight excluding hydrogens is 1600 g/mol. The fourth-order valence-electron chi connectivity index (χ4n) is 10.8. The van der Waals surface area contributed by atoms with Crippen LogP contribution < -0.4 is 31.3 Å². The number of hydrogen-bond donors (Lipinski definition) is 5. The van der Waals surface area contributed by atoms with Gasteiger partial charge >= 0.3 is 29.7 Å². The zero-order valence-corrected chi connectivity index (χ0v) is 84.7. The number of urea groups is 1. The summed E-state index contributed by atoms with van der Waals surface area (Å²) in [6.45, 7) is 54.9. The van der Waals surface area contributed by atoms with Crippen molar-refractivity contribution < 1.29 is 76.0 Å². The number of esters is 1. The first-order chi connectivity index (χ1) is 60.0. The molecule has 6 aromatic carbocycles. The van der Waals surface area contributed by atoms with Crippen LogP contribution in [-0.4, -0.2) is 225 Å². The number of likely N-dealkylation sites (N-methyl/N-ethyl adjacent to an activating group) is 4. The number of hydrogen-bond acceptors (Lipinski definition) is 18. The summed E-state index contributed by atoms with van der Waals surface area (Å²) in [5.41, 5.74) is 12.0. The first-order valence-electron chi connectivity index (χ1n) is 44.9. The lowest BCUT2D eigenvalue weighted by atomic mass is 9.73. The number of nitrogens with two attached hydrogens (primary N) is 1. The van der Waals surface area contributed by atoms with Gasteiger partial charge in [-0.1, -0.05) is 206 Å². The van der Waals surface area contributed by atoms with E-state index in [1.807, 2.05) is 250 Å². The molecule has 0 saturated heterocycles. The van der Waals surface area contributed by atoms with Crippen molar-refractivity contribution in [2.24, 2.45) is 12.8 Å². The molecule has 27 heteroatoms. The highest BCUT2D eigenvalue weighted by atomic mass is 16.5. The van der Waals surface area contributed by atoms with Crippen LogP contribution in [-0.2, 0) is 78.5 Å². The molecule has 716 valence electrons. The van der Waals surface area contributed by atoms with Gasteiger partial charge < -0.3 is 60.0 Å². The number of carboxylic acid groups (broad SMARTS) is 2. The molecule has 1 aliphatic rings. The summed E-state index contributed by atoms with van der Waals surface area (Å²) in [4.78, 5) is 126. The smallest absolute Gasteiger partial charge is 0.419 e. The number of anilines is 2. The van der Waals surface area contributed by atoms with E-state index in [-0.39, 0.29) is 66.5 Å². The molecule has 2 heterocycles. The van der Waals surface area contributed by atoms with Gasteiger partial charge in [0, 0.05) is 57.1 Å². The number of para-hydroxylation sites is 6. The Morgan fingerprint density at radius 3 is 1.21 bits per heavy atom. The molecule has 3 unspecified atom stereocenters. The van der Waals surface area contributed by atoms with Crippen molar-refractivity contribution in [3.05, 3.63) is 190 Å². The molecule has 0 bridgehead atoms. The van der Waals surface area contributed by atoms with E-state index in [0.29, 0.717) is 23.4 Å². The quantitative estimate of drug-likeness (QED) is 0.0285. The largest absolute Gasteiger partial charge is 0.506 e. The molecule has 0 fully saturated rings. The maximum atomic E-state index is 12.6. The summed E-state index contributed by atoms with van der Waals surface area (Å²) in [7, 11) is 24.0. The Balaban J connectivity index is -0.000000222. The molecule has 8 rings (SSSR count). The lowest BCUT2D eigenvalue weighted by Gasteiger charge is -2.38. The number of oxazole rings is 1. The number of nitrogens with zero attached hydrogens (tertiary/aromatic N) is 10. The zero-order chi connectivity index (χ0) is 104. The number of aromatic hydroxyl groups is 1. The number of Topliss-reactive ketones (excluding diaryl/α,β-unsaturated/α-hetero) is 1. The fourth-order valence-corrected chi connectivity index (χ4v) is 10.8. The van der Waals surface area contributed by atoms with Crippen LogP contribution in [0.2, 0.25) is 0 Å². The van der Waals surface area contributed by atoms with E-state index >= 15 is 0 Å². The predicted octanol–water partition coefficient (Wildman–Crippen LogP) is 18.2. The first-order valence-corrected chi connectivity index (χ1v) is 42.9. The predicted molar refractivity (Wildman–Crippen MR) is 526 cm³/mol. The SMILES string of the molecule is CC.CC.CC.CC.CC.CC.CC(C(=O)O)N(C)C.CC(C(=O)O)N(C)C.CN1C(=O)NC(C)(C)c2ccccc2C1(C)C.Cn1c(=O)oc2ccccc21.[2HH].[2HH].[2H]C(=O)N(C)C(C)(C)c1ccccc1C(C)(C)CC(=O)C(C)N(C)C.[2H]C(=O)N(C)C(C)(C)c1ccccc1C(C)(C)N.[2H]C(=O)N(C)c1ccccc1O.[2H]C(=O)N(C)c1ccccc1OC(=O)[C@@H](C)N(C)C. The minimum atomic E-state index is -0.871. The van der Waals surface area contributed by atoms with Gasteiger partial charge in [0.2, 0.25) is 25.5 Å². The van der Waals surface area contributed by atoms with E-state index in [0.717, 1.165) is 37.6 Å². The van der Waals surface area contributed by atoms with Gasteiger partial charge in [0.05, 0.1) is 45.1 Å². The van der Waals surface area contributed by atoms with Gasteiger partial charge in [-0.3, -0.25) is 57.7 Å². The van der Waals surface area contributed by atoms with Crippen LogP contribution in [0.3, 0.4) is 0 Å². The number of carbonyl (C=O) groups excluding carboxylic acids is 7. The molecule has 0 saturated carbocycles. The second-order valence-electron chi connectivity index (χ2n) is 31.8. The van der Waals surface area contributed by atoms with Gasteiger partial charge in [0.25, 0.3) is 0 Å². The molecular formula is C99H170N12O15. The Bertz CT molecular complexity index is 4560. The summed E-state index contributed by atoms with van der Waals surface area (Å²) in [6.07, 6.45) is -2.74. The third kappa shape index (κ3) is 40.8.